The Labute approximate surface area is 161 Å². The van der Waals surface area contributed by atoms with Crippen molar-refractivity contribution in [1.82, 2.24) is 14.9 Å². The van der Waals surface area contributed by atoms with Gasteiger partial charge in [0.05, 0.1) is 4.90 Å². The number of nitrogens with zero attached hydrogens (tertiary/aromatic N) is 1. The SMILES string of the molecule is CCN(CC1NC(=O)NC1=O)S(=O)(=O)c1ccc(Oc2ccc(F)cc2)cc1. The van der Waals surface area contributed by atoms with E-state index in [1.165, 1.54) is 48.5 Å². The topological polar surface area (TPSA) is 105 Å². The molecule has 0 aromatic heterocycles. The molecular weight excluding hydrogens is 389 g/mol. The summed E-state index contributed by atoms with van der Waals surface area (Å²) < 4.78 is 45.3. The van der Waals surface area contributed by atoms with Crippen molar-refractivity contribution >= 4 is 22.0 Å². The van der Waals surface area contributed by atoms with Crippen LogP contribution in [0.15, 0.2) is 53.4 Å². The molecule has 148 valence electrons. The van der Waals surface area contributed by atoms with Gasteiger partial charge in [-0.1, -0.05) is 6.92 Å². The first kappa shape index (κ1) is 19.8. The maximum atomic E-state index is 12.9. The quantitative estimate of drug-likeness (QED) is 0.682. The molecule has 0 saturated carbocycles. The van der Waals surface area contributed by atoms with Crippen LogP contribution < -0.4 is 15.4 Å². The summed E-state index contributed by atoms with van der Waals surface area (Å²) >= 11 is 0. The molecule has 0 spiro atoms. The van der Waals surface area contributed by atoms with Crippen LogP contribution in [0.1, 0.15) is 6.92 Å². The van der Waals surface area contributed by atoms with Crippen LogP contribution in [0.2, 0.25) is 0 Å². The van der Waals surface area contributed by atoms with E-state index in [9.17, 15) is 22.4 Å². The molecule has 3 amide bonds. The van der Waals surface area contributed by atoms with Crippen LogP contribution in [0.25, 0.3) is 0 Å². The van der Waals surface area contributed by atoms with E-state index < -0.39 is 28.0 Å². The predicted molar refractivity (Wildman–Crippen MR) is 97.8 cm³/mol. The lowest BCUT2D eigenvalue weighted by Crippen LogP contribution is -2.44. The van der Waals surface area contributed by atoms with E-state index in [0.717, 1.165) is 4.31 Å². The molecule has 0 bridgehead atoms. The Morgan fingerprint density at radius 3 is 2.11 bits per heavy atom. The van der Waals surface area contributed by atoms with E-state index in [2.05, 4.69) is 10.6 Å². The van der Waals surface area contributed by atoms with Crippen molar-refractivity contribution in [3.63, 3.8) is 0 Å². The molecule has 8 nitrogen and oxygen atoms in total. The second kappa shape index (κ2) is 7.95. The van der Waals surface area contributed by atoms with E-state index in [-0.39, 0.29) is 23.8 Å². The summed E-state index contributed by atoms with van der Waals surface area (Å²) in [6.07, 6.45) is 0. The number of urea groups is 1. The number of carbonyl (C=O) groups excluding carboxylic acids is 2. The minimum absolute atomic E-state index is 0.0190. The number of likely N-dealkylation sites (N-methyl/N-ethyl adjacent to an activating group) is 1. The number of benzene rings is 2. The average Bonchev–Trinajstić information content (AvgIpc) is 2.99. The second-order valence-electron chi connectivity index (χ2n) is 6.00. The fourth-order valence-corrected chi connectivity index (χ4v) is 4.12. The van der Waals surface area contributed by atoms with Crippen LogP contribution in [0, 0.1) is 5.82 Å². The molecule has 3 rings (SSSR count). The molecule has 2 aromatic carbocycles. The molecule has 1 saturated heterocycles. The average molecular weight is 407 g/mol. The van der Waals surface area contributed by atoms with E-state index in [0.29, 0.717) is 11.5 Å². The number of hydrogen-bond donors (Lipinski definition) is 2. The number of nitrogens with one attached hydrogen (secondary N) is 2. The molecule has 1 aliphatic heterocycles. The summed E-state index contributed by atoms with van der Waals surface area (Å²) in [5.74, 6) is -0.159. The first-order valence-corrected chi connectivity index (χ1v) is 9.88. The smallest absolute Gasteiger partial charge is 0.322 e. The van der Waals surface area contributed by atoms with Crippen molar-refractivity contribution in [2.45, 2.75) is 17.9 Å². The normalized spacial score (nSPS) is 16.8. The van der Waals surface area contributed by atoms with Gasteiger partial charge < -0.3 is 10.1 Å². The Balaban J connectivity index is 1.74. The summed E-state index contributed by atoms with van der Waals surface area (Å²) in [6, 6.07) is 9.56. The van der Waals surface area contributed by atoms with Gasteiger partial charge in [0.25, 0.3) is 5.91 Å². The minimum Gasteiger partial charge on any atom is -0.457 e. The highest BCUT2D eigenvalue weighted by Crippen LogP contribution is 2.24. The lowest BCUT2D eigenvalue weighted by Gasteiger charge is -2.22. The summed E-state index contributed by atoms with van der Waals surface area (Å²) in [4.78, 5) is 22.9. The zero-order chi connectivity index (χ0) is 20.3. The highest BCUT2D eigenvalue weighted by molar-refractivity contribution is 7.89. The van der Waals surface area contributed by atoms with Crippen molar-refractivity contribution in [3.05, 3.63) is 54.3 Å². The number of sulfonamides is 1. The van der Waals surface area contributed by atoms with Gasteiger partial charge in [0, 0.05) is 13.1 Å². The lowest BCUT2D eigenvalue weighted by atomic mass is 10.3. The Morgan fingerprint density at radius 2 is 1.61 bits per heavy atom. The van der Waals surface area contributed by atoms with Gasteiger partial charge in [-0.05, 0) is 48.5 Å². The van der Waals surface area contributed by atoms with Crippen LogP contribution in [0.3, 0.4) is 0 Å². The van der Waals surface area contributed by atoms with Gasteiger partial charge in [0.2, 0.25) is 10.0 Å². The molecule has 1 fully saturated rings. The van der Waals surface area contributed by atoms with Crippen LogP contribution in [-0.2, 0) is 14.8 Å². The second-order valence-corrected chi connectivity index (χ2v) is 7.94. The van der Waals surface area contributed by atoms with Crippen molar-refractivity contribution in [3.8, 4) is 11.5 Å². The molecule has 10 heteroatoms. The Morgan fingerprint density at radius 1 is 1.04 bits per heavy atom. The fourth-order valence-electron chi connectivity index (χ4n) is 2.66. The number of hydrogen-bond acceptors (Lipinski definition) is 5. The monoisotopic (exact) mass is 407 g/mol. The molecule has 1 aliphatic rings. The number of rotatable bonds is 7. The van der Waals surface area contributed by atoms with E-state index in [4.69, 9.17) is 4.74 Å². The number of ether oxygens (including phenoxy) is 1. The molecule has 28 heavy (non-hydrogen) atoms. The Kier molecular flexibility index (Phi) is 5.61. The third kappa shape index (κ3) is 4.29. The van der Waals surface area contributed by atoms with Crippen molar-refractivity contribution in [1.29, 1.82) is 0 Å². The van der Waals surface area contributed by atoms with E-state index in [1.807, 2.05) is 0 Å². The van der Waals surface area contributed by atoms with Gasteiger partial charge in [-0.25, -0.2) is 17.6 Å². The molecule has 2 N–H and O–H groups in total. The lowest BCUT2D eigenvalue weighted by molar-refractivity contribution is -0.120. The van der Waals surface area contributed by atoms with E-state index in [1.54, 1.807) is 6.92 Å². The van der Waals surface area contributed by atoms with Crippen LogP contribution >= 0.6 is 0 Å². The summed E-state index contributed by atoms with van der Waals surface area (Å²) in [5, 5.41) is 4.45. The molecule has 0 aliphatic carbocycles. The van der Waals surface area contributed by atoms with Crippen molar-refractivity contribution in [2.24, 2.45) is 0 Å². The fraction of sp³-hybridized carbons (Fsp3) is 0.222. The van der Waals surface area contributed by atoms with Crippen molar-refractivity contribution in [2.75, 3.05) is 13.1 Å². The van der Waals surface area contributed by atoms with Crippen molar-refractivity contribution < 1.29 is 27.1 Å². The minimum atomic E-state index is -3.88. The van der Waals surface area contributed by atoms with Crippen LogP contribution in [0.4, 0.5) is 9.18 Å². The zero-order valence-corrected chi connectivity index (χ0v) is 15.7. The summed E-state index contributed by atoms with van der Waals surface area (Å²) in [6.45, 7) is 1.58. The van der Waals surface area contributed by atoms with Gasteiger partial charge in [0.15, 0.2) is 0 Å². The number of imide groups is 1. The van der Waals surface area contributed by atoms with Gasteiger partial charge in [-0.15, -0.1) is 0 Å². The largest absolute Gasteiger partial charge is 0.457 e. The van der Waals surface area contributed by atoms with Gasteiger partial charge in [0.1, 0.15) is 23.4 Å². The standard InChI is InChI=1S/C18H18FN3O5S/c1-2-22(11-16-17(23)21-18(24)20-16)28(25,26)15-9-7-14(8-10-15)27-13-5-3-12(19)4-6-13/h3-10,16H,2,11H2,1H3,(H2,20,21,23,24). The zero-order valence-electron chi connectivity index (χ0n) is 14.9. The highest BCUT2D eigenvalue weighted by atomic mass is 32.2. The Hall–Kier alpha value is -2.98. The van der Waals surface area contributed by atoms with Crippen LogP contribution in [-0.4, -0.2) is 43.8 Å². The first-order chi connectivity index (χ1) is 13.3. The molecule has 2 aromatic rings. The number of halogens is 1. The third-order valence-electron chi connectivity index (χ3n) is 4.11. The predicted octanol–water partition coefficient (Wildman–Crippen LogP) is 1.84. The molecule has 0 radical (unpaired) electrons. The van der Waals surface area contributed by atoms with Gasteiger partial charge in [-0.2, -0.15) is 4.31 Å². The first-order valence-electron chi connectivity index (χ1n) is 8.44. The third-order valence-corrected chi connectivity index (χ3v) is 6.06. The molecule has 1 heterocycles. The summed E-state index contributed by atoms with van der Waals surface area (Å²) in [5.41, 5.74) is 0. The number of amides is 3. The highest BCUT2D eigenvalue weighted by Gasteiger charge is 2.34. The molecule has 1 atom stereocenters. The number of carbonyl (C=O) groups is 2. The molecule has 1 unspecified atom stereocenters. The maximum Gasteiger partial charge on any atom is 0.322 e. The molecular formula is C18H18FN3O5S. The van der Waals surface area contributed by atoms with E-state index >= 15 is 0 Å². The van der Waals surface area contributed by atoms with Gasteiger partial charge in [-0.3, -0.25) is 10.1 Å². The van der Waals surface area contributed by atoms with Crippen LogP contribution in [0.5, 0.6) is 11.5 Å². The summed E-state index contributed by atoms with van der Waals surface area (Å²) in [7, 11) is -3.88. The maximum absolute atomic E-state index is 12.9. The Bertz CT molecular complexity index is 977. The van der Waals surface area contributed by atoms with Gasteiger partial charge >= 0.3 is 6.03 Å².